The lowest BCUT2D eigenvalue weighted by Gasteiger charge is -2.41. The highest BCUT2D eigenvalue weighted by atomic mass is 16.5. The molecule has 0 spiro atoms. The second kappa shape index (κ2) is 8.20. The smallest absolute Gasteiger partial charge is 0.202 e. The number of phenolic OH excluding ortho intramolecular Hbond substituents is 3. The van der Waals surface area contributed by atoms with Gasteiger partial charge in [0.05, 0.1) is 12.2 Å². The zero-order valence-electron chi connectivity index (χ0n) is 16.4. The van der Waals surface area contributed by atoms with Gasteiger partial charge in [-0.05, 0) is 17.7 Å². The van der Waals surface area contributed by atoms with E-state index in [0.717, 1.165) is 6.07 Å². The molecule has 2 aliphatic heterocycles. The van der Waals surface area contributed by atoms with Crippen LogP contribution in [-0.2, 0) is 4.74 Å². The zero-order chi connectivity index (χ0) is 23.3. The minimum atomic E-state index is -1.82. The normalized spacial score (nSPS) is 32.3. The van der Waals surface area contributed by atoms with E-state index in [0.29, 0.717) is 5.56 Å². The van der Waals surface area contributed by atoms with E-state index in [9.17, 15) is 45.6 Å². The summed E-state index contributed by atoms with van der Waals surface area (Å²) >= 11 is 0. The first-order chi connectivity index (χ1) is 15.1. The molecule has 8 N–H and O–H groups in total. The molecule has 4 rings (SSSR count). The van der Waals surface area contributed by atoms with Gasteiger partial charge in [0.2, 0.25) is 5.78 Å². The van der Waals surface area contributed by atoms with Gasteiger partial charge in [0.1, 0.15) is 59.1 Å². The second-order valence-electron chi connectivity index (χ2n) is 7.72. The van der Waals surface area contributed by atoms with E-state index < -0.39 is 77.7 Å². The molecule has 0 saturated carbocycles. The Kier molecular flexibility index (Phi) is 5.71. The molecule has 2 aliphatic rings. The number of aromatic hydroxyl groups is 3. The number of phenols is 3. The highest BCUT2D eigenvalue weighted by Crippen LogP contribution is 2.49. The standard InChI is InChI=1S/C21H22O11/c22-6-11-14(25)17(28)19(30)21(32-11)12-9(24)5-10-13(15(12)26)16(27)18(29)20(31-10)7-1-3-8(23)4-2-7/h1-5,11,14,17-26,28-30H,6H2/t11?,14-,17+,18-,19?,20+,21+/m1/s1. The molecule has 0 radical (unpaired) electrons. The number of carbonyl (C=O) groups is 1. The number of fused-ring (bicyclic) bond motifs is 1. The number of hydrogen-bond acceptors (Lipinski definition) is 11. The third kappa shape index (κ3) is 3.45. The highest BCUT2D eigenvalue weighted by Gasteiger charge is 2.48. The van der Waals surface area contributed by atoms with Gasteiger partial charge in [-0.3, -0.25) is 4.79 Å². The predicted molar refractivity (Wildman–Crippen MR) is 104 cm³/mol. The van der Waals surface area contributed by atoms with Crippen molar-refractivity contribution in [3.05, 3.63) is 47.0 Å². The summed E-state index contributed by atoms with van der Waals surface area (Å²) in [5, 5.41) is 80.9. The van der Waals surface area contributed by atoms with Crippen molar-refractivity contribution in [1.82, 2.24) is 0 Å². The van der Waals surface area contributed by atoms with E-state index in [1.807, 2.05) is 0 Å². The second-order valence-corrected chi connectivity index (χ2v) is 7.72. The van der Waals surface area contributed by atoms with Crippen molar-refractivity contribution in [2.75, 3.05) is 6.61 Å². The fourth-order valence-corrected chi connectivity index (χ4v) is 4.00. The molecule has 2 heterocycles. The molecule has 0 aromatic heterocycles. The van der Waals surface area contributed by atoms with E-state index in [4.69, 9.17) is 9.47 Å². The maximum Gasteiger partial charge on any atom is 0.202 e. The number of ketones is 1. The van der Waals surface area contributed by atoms with Gasteiger partial charge in [-0.1, -0.05) is 12.1 Å². The first kappa shape index (κ1) is 22.3. The quantitative estimate of drug-likeness (QED) is 0.285. The van der Waals surface area contributed by atoms with E-state index >= 15 is 0 Å². The zero-order valence-corrected chi connectivity index (χ0v) is 16.4. The summed E-state index contributed by atoms with van der Waals surface area (Å²) in [5.41, 5.74) is -0.600. The molecule has 1 saturated heterocycles. The molecule has 172 valence electrons. The van der Waals surface area contributed by atoms with Gasteiger partial charge < -0.3 is 50.3 Å². The maximum atomic E-state index is 12.9. The first-order valence-corrected chi connectivity index (χ1v) is 9.72. The number of rotatable bonds is 3. The Morgan fingerprint density at radius 1 is 0.875 bits per heavy atom. The number of ether oxygens (including phenoxy) is 2. The molecular formula is C21H22O11. The summed E-state index contributed by atoms with van der Waals surface area (Å²) in [6, 6.07) is 6.53. The topological polar surface area (TPSA) is 197 Å². The summed E-state index contributed by atoms with van der Waals surface area (Å²) in [7, 11) is 0. The molecule has 0 amide bonds. The van der Waals surface area contributed by atoms with Gasteiger partial charge in [-0.15, -0.1) is 0 Å². The predicted octanol–water partition coefficient (Wildman–Crippen LogP) is -1.00. The van der Waals surface area contributed by atoms with Crippen LogP contribution in [0.3, 0.4) is 0 Å². The molecule has 2 unspecified atom stereocenters. The van der Waals surface area contributed by atoms with E-state index in [1.165, 1.54) is 24.3 Å². The summed E-state index contributed by atoms with van der Waals surface area (Å²) in [4.78, 5) is 12.9. The summed E-state index contributed by atoms with van der Waals surface area (Å²) in [6.07, 6.45) is -11.1. The Morgan fingerprint density at radius 2 is 1.53 bits per heavy atom. The van der Waals surface area contributed by atoms with E-state index in [2.05, 4.69) is 0 Å². The van der Waals surface area contributed by atoms with Crippen molar-refractivity contribution >= 4 is 5.78 Å². The van der Waals surface area contributed by atoms with Crippen LogP contribution in [0.25, 0.3) is 0 Å². The van der Waals surface area contributed by atoms with Crippen LogP contribution in [0.4, 0.5) is 0 Å². The van der Waals surface area contributed by atoms with Crippen LogP contribution in [0.2, 0.25) is 0 Å². The SMILES string of the molecule is O=C1c2c(cc(O)c([C@@H]3OC(CO)[C@@H](O)[C@H](O)C3O)c2O)O[C@@H](c2ccc(O)cc2)[C@@H]1O. The van der Waals surface area contributed by atoms with E-state index in [-0.39, 0.29) is 11.5 Å². The highest BCUT2D eigenvalue weighted by molar-refractivity contribution is 6.06. The first-order valence-electron chi connectivity index (χ1n) is 9.72. The molecule has 11 heteroatoms. The average molecular weight is 450 g/mol. The lowest BCUT2D eigenvalue weighted by Crippen LogP contribution is -2.55. The lowest BCUT2D eigenvalue weighted by molar-refractivity contribution is -0.232. The van der Waals surface area contributed by atoms with Crippen LogP contribution >= 0.6 is 0 Å². The van der Waals surface area contributed by atoms with Crippen LogP contribution in [0, 0.1) is 0 Å². The number of benzene rings is 2. The van der Waals surface area contributed by atoms with Gasteiger partial charge in [0.15, 0.2) is 12.2 Å². The molecular weight excluding hydrogens is 428 g/mol. The number of aliphatic hydroxyl groups is 5. The van der Waals surface area contributed by atoms with Gasteiger partial charge >= 0.3 is 0 Å². The fourth-order valence-electron chi connectivity index (χ4n) is 4.00. The number of carbonyl (C=O) groups excluding carboxylic acids is 1. The molecule has 2 aromatic rings. The number of Topliss-reactive ketones (excluding diaryl/α,β-unsaturated/α-hetero) is 1. The van der Waals surface area contributed by atoms with Crippen molar-refractivity contribution in [2.24, 2.45) is 0 Å². The molecule has 32 heavy (non-hydrogen) atoms. The summed E-state index contributed by atoms with van der Waals surface area (Å²) < 4.78 is 11.0. The largest absolute Gasteiger partial charge is 0.508 e. The average Bonchev–Trinajstić information content (AvgIpc) is 2.76. The Morgan fingerprint density at radius 3 is 2.16 bits per heavy atom. The summed E-state index contributed by atoms with van der Waals surface area (Å²) in [6.45, 7) is -0.733. The van der Waals surface area contributed by atoms with Crippen LogP contribution < -0.4 is 4.74 Å². The van der Waals surface area contributed by atoms with Crippen LogP contribution in [0.15, 0.2) is 30.3 Å². The molecule has 7 atom stereocenters. The lowest BCUT2D eigenvalue weighted by atomic mass is 9.86. The van der Waals surface area contributed by atoms with E-state index in [1.54, 1.807) is 0 Å². The molecule has 1 fully saturated rings. The van der Waals surface area contributed by atoms with Crippen molar-refractivity contribution < 1.29 is 55.1 Å². The van der Waals surface area contributed by atoms with Crippen molar-refractivity contribution in [3.8, 4) is 23.0 Å². The van der Waals surface area contributed by atoms with Crippen molar-refractivity contribution in [1.29, 1.82) is 0 Å². The third-order valence-electron chi connectivity index (χ3n) is 5.74. The van der Waals surface area contributed by atoms with Crippen molar-refractivity contribution in [3.63, 3.8) is 0 Å². The van der Waals surface area contributed by atoms with Crippen LogP contribution in [0.1, 0.15) is 33.7 Å². The van der Waals surface area contributed by atoms with Gasteiger partial charge in [-0.25, -0.2) is 0 Å². The number of hydrogen-bond donors (Lipinski definition) is 8. The van der Waals surface area contributed by atoms with Crippen molar-refractivity contribution in [2.45, 2.75) is 42.7 Å². The monoisotopic (exact) mass is 450 g/mol. The van der Waals surface area contributed by atoms with Crippen LogP contribution in [-0.4, -0.2) is 83.8 Å². The molecule has 0 bridgehead atoms. The fraction of sp³-hybridized carbons (Fsp3) is 0.381. The third-order valence-corrected chi connectivity index (χ3v) is 5.74. The minimum Gasteiger partial charge on any atom is -0.508 e. The summed E-state index contributed by atoms with van der Waals surface area (Å²) in [5.74, 6) is -2.73. The Bertz CT molecular complexity index is 1020. The van der Waals surface area contributed by atoms with Gasteiger partial charge in [-0.2, -0.15) is 0 Å². The maximum absolute atomic E-state index is 12.9. The van der Waals surface area contributed by atoms with Gasteiger partial charge in [0, 0.05) is 6.07 Å². The number of aliphatic hydroxyl groups excluding tert-OH is 5. The Hall–Kier alpha value is -2.93. The molecule has 11 nitrogen and oxygen atoms in total. The minimum absolute atomic E-state index is 0.0368. The molecule has 0 aliphatic carbocycles. The molecule has 2 aromatic carbocycles. The Balaban J connectivity index is 1.76. The van der Waals surface area contributed by atoms with Crippen LogP contribution in [0.5, 0.6) is 23.0 Å². The van der Waals surface area contributed by atoms with Gasteiger partial charge in [0.25, 0.3) is 0 Å². The Labute approximate surface area is 181 Å².